The molecule has 0 aliphatic heterocycles. The Hall–Kier alpha value is -3.27. The molecule has 0 bridgehead atoms. The van der Waals surface area contributed by atoms with Crippen molar-refractivity contribution < 1.29 is 19.7 Å². The molecule has 0 aliphatic rings. The van der Waals surface area contributed by atoms with Crippen LogP contribution < -0.4 is 4.74 Å². The maximum Gasteiger partial charge on any atom is 0.197 e. The van der Waals surface area contributed by atoms with Crippen molar-refractivity contribution in [2.75, 3.05) is 0 Å². The zero-order chi connectivity index (χ0) is 17.8. The van der Waals surface area contributed by atoms with Gasteiger partial charge in [-0.15, -0.1) is 0 Å². The lowest BCUT2D eigenvalue weighted by Crippen LogP contribution is -2.02. The monoisotopic (exact) mass is 334 g/mol. The lowest BCUT2D eigenvalue weighted by Gasteiger charge is -2.12. The third kappa shape index (κ3) is 3.63. The van der Waals surface area contributed by atoms with E-state index in [0.29, 0.717) is 11.3 Å². The van der Waals surface area contributed by atoms with Crippen LogP contribution in [0.1, 0.15) is 28.4 Å². The Balaban J connectivity index is 1.95. The second kappa shape index (κ2) is 7.09. The average Bonchev–Trinajstić information content (AvgIpc) is 2.65. The Morgan fingerprint density at radius 1 is 0.960 bits per heavy atom. The molecule has 0 unspecified atom stereocenters. The molecule has 4 nitrogen and oxygen atoms in total. The van der Waals surface area contributed by atoms with Crippen LogP contribution in [0.25, 0.3) is 0 Å². The molecule has 0 saturated carbocycles. The van der Waals surface area contributed by atoms with Crippen molar-refractivity contribution in [1.82, 2.24) is 0 Å². The lowest BCUT2D eigenvalue weighted by molar-refractivity contribution is 0.103. The normalized spacial score (nSPS) is 10.4. The second-order valence-corrected chi connectivity index (χ2v) is 5.63. The lowest BCUT2D eigenvalue weighted by atomic mass is 10.0. The summed E-state index contributed by atoms with van der Waals surface area (Å²) in [4.78, 5) is 12.6. The van der Waals surface area contributed by atoms with Gasteiger partial charge in [-0.05, 0) is 30.2 Å². The van der Waals surface area contributed by atoms with Crippen molar-refractivity contribution in [3.05, 3.63) is 83.4 Å². The van der Waals surface area contributed by atoms with Gasteiger partial charge in [0.15, 0.2) is 17.3 Å². The molecule has 126 valence electrons. The summed E-state index contributed by atoms with van der Waals surface area (Å²) in [5.41, 5.74) is 1.57. The van der Waals surface area contributed by atoms with Crippen molar-refractivity contribution in [3.63, 3.8) is 0 Å². The van der Waals surface area contributed by atoms with Crippen LogP contribution in [0.4, 0.5) is 0 Å². The highest BCUT2D eigenvalue weighted by molar-refractivity contribution is 6.11. The third-order valence-electron chi connectivity index (χ3n) is 3.90. The molecule has 3 aromatic carbocycles. The molecule has 3 aromatic rings. The van der Waals surface area contributed by atoms with Gasteiger partial charge in [-0.25, -0.2) is 0 Å². The van der Waals surface area contributed by atoms with Crippen molar-refractivity contribution in [3.8, 4) is 23.0 Å². The number of carbonyl (C=O) groups is 1. The molecule has 0 aromatic heterocycles. The van der Waals surface area contributed by atoms with E-state index >= 15 is 0 Å². The molecule has 4 heteroatoms. The first-order chi connectivity index (χ1) is 12.1. The molecular formula is C21H18O4. The SMILES string of the molecule is CCc1ccc(Oc2cc(O)cc(C(=O)c3ccccc3)c2O)cc1. The van der Waals surface area contributed by atoms with Gasteiger partial charge in [-0.3, -0.25) is 4.79 Å². The Morgan fingerprint density at radius 2 is 1.64 bits per heavy atom. The van der Waals surface area contributed by atoms with Gasteiger partial charge < -0.3 is 14.9 Å². The predicted molar refractivity (Wildman–Crippen MR) is 95.5 cm³/mol. The molecular weight excluding hydrogens is 316 g/mol. The van der Waals surface area contributed by atoms with Gasteiger partial charge in [0, 0.05) is 11.6 Å². The van der Waals surface area contributed by atoms with Crippen molar-refractivity contribution in [1.29, 1.82) is 0 Å². The van der Waals surface area contributed by atoms with Crippen LogP contribution in [0.5, 0.6) is 23.0 Å². The number of ether oxygens (including phenoxy) is 1. The first kappa shape index (κ1) is 16.6. The van der Waals surface area contributed by atoms with Gasteiger partial charge >= 0.3 is 0 Å². The zero-order valence-corrected chi connectivity index (χ0v) is 13.8. The number of aromatic hydroxyl groups is 2. The number of phenols is 2. The van der Waals surface area contributed by atoms with Crippen LogP contribution in [0.3, 0.4) is 0 Å². The highest BCUT2D eigenvalue weighted by Crippen LogP contribution is 2.38. The number of hydrogen-bond acceptors (Lipinski definition) is 4. The summed E-state index contributed by atoms with van der Waals surface area (Å²) in [6, 6.07) is 18.5. The van der Waals surface area contributed by atoms with E-state index in [1.54, 1.807) is 42.5 Å². The molecule has 2 N–H and O–H groups in total. The van der Waals surface area contributed by atoms with E-state index in [0.717, 1.165) is 12.0 Å². The van der Waals surface area contributed by atoms with Crippen LogP contribution in [0.2, 0.25) is 0 Å². The minimum Gasteiger partial charge on any atom is -0.508 e. The summed E-state index contributed by atoms with van der Waals surface area (Å²) < 4.78 is 5.65. The van der Waals surface area contributed by atoms with Crippen molar-refractivity contribution in [2.24, 2.45) is 0 Å². The van der Waals surface area contributed by atoms with E-state index in [1.165, 1.54) is 12.1 Å². The summed E-state index contributed by atoms with van der Waals surface area (Å²) >= 11 is 0. The molecule has 0 heterocycles. The maximum absolute atomic E-state index is 12.6. The van der Waals surface area contributed by atoms with Crippen LogP contribution in [-0.2, 0) is 6.42 Å². The zero-order valence-electron chi connectivity index (χ0n) is 13.8. The molecule has 0 saturated heterocycles. The fourth-order valence-corrected chi connectivity index (χ4v) is 2.51. The fourth-order valence-electron chi connectivity index (χ4n) is 2.51. The molecule has 0 radical (unpaired) electrons. The van der Waals surface area contributed by atoms with Crippen LogP contribution >= 0.6 is 0 Å². The molecule has 25 heavy (non-hydrogen) atoms. The highest BCUT2D eigenvalue weighted by Gasteiger charge is 2.19. The first-order valence-corrected chi connectivity index (χ1v) is 8.01. The molecule has 0 spiro atoms. The molecule has 0 atom stereocenters. The van der Waals surface area contributed by atoms with Crippen LogP contribution in [0, 0.1) is 0 Å². The minimum atomic E-state index is -0.389. The predicted octanol–water partition coefficient (Wildman–Crippen LogP) is 4.68. The fraction of sp³-hybridized carbons (Fsp3) is 0.0952. The number of aryl methyl sites for hydroxylation is 1. The number of ketones is 1. The van der Waals surface area contributed by atoms with Crippen LogP contribution in [-0.4, -0.2) is 16.0 Å². The van der Waals surface area contributed by atoms with Gasteiger partial charge in [0.1, 0.15) is 11.5 Å². The Kier molecular flexibility index (Phi) is 4.70. The van der Waals surface area contributed by atoms with Crippen molar-refractivity contribution in [2.45, 2.75) is 13.3 Å². The van der Waals surface area contributed by atoms with E-state index in [1.807, 2.05) is 12.1 Å². The van der Waals surface area contributed by atoms with E-state index in [-0.39, 0.29) is 28.6 Å². The molecule has 0 fully saturated rings. The van der Waals surface area contributed by atoms with Gasteiger partial charge in [0.05, 0.1) is 5.56 Å². The van der Waals surface area contributed by atoms with Gasteiger partial charge in [-0.1, -0.05) is 49.4 Å². The molecule has 3 rings (SSSR count). The van der Waals surface area contributed by atoms with E-state index in [2.05, 4.69) is 6.92 Å². The standard InChI is InChI=1S/C21H18O4/c1-2-14-8-10-17(11-9-14)25-19-13-16(22)12-18(21(19)24)20(23)15-6-4-3-5-7-15/h3-13,22,24H,2H2,1H3. The molecule has 0 aliphatic carbocycles. The first-order valence-electron chi connectivity index (χ1n) is 8.01. The van der Waals surface area contributed by atoms with E-state index < -0.39 is 0 Å². The Bertz CT molecular complexity index is 884. The Labute approximate surface area is 146 Å². The maximum atomic E-state index is 12.6. The van der Waals surface area contributed by atoms with Crippen molar-refractivity contribution >= 4 is 5.78 Å². The van der Waals surface area contributed by atoms with E-state index in [9.17, 15) is 15.0 Å². The highest BCUT2D eigenvalue weighted by atomic mass is 16.5. The summed E-state index contributed by atoms with van der Waals surface area (Å²) in [5.74, 6) is -0.302. The van der Waals surface area contributed by atoms with Gasteiger partial charge in [0.2, 0.25) is 0 Å². The number of hydrogen-bond donors (Lipinski definition) is 2. The number of rotatable bonds is 5. The third-order valence-corrected chi connectivity index (χ3v) is 3.90. The number of benzene rings is 3. The second-order valence-electron chi connectivity index (χ2n) is 5.63. The quantitative estimate of drug-likeness (QED) is 0.525. The average molecular weight is 334 g/mol. The summed E-state index contributed by atoms with van der Waals surface area (Å²) in [6.45, 7) is 2.05. The van der Waals surface area contributed by atoms with Gasteiger partial charge in [0.25, 0.3) is 0 Å². The smallest absolute Gasteiger partial charge is 0.197 e. The summed E-state index contributed by atoms with van der Waals surface area (Å²) in [5, 5.41) is 20.4. The number of phenolic OH excluding ortho intramolecular Hbond substituents is 2. The van der Waals surface area contributed by atoms with Gasteiger partial charge in [-0.2, -0.15) is 0 Å². The topological polar surface area (TPSA) is 66.8 Å². The Morgan fingerprint density at radius 3 is 2.28 bits per heavy atom. The summed E-state index contributed by atoms with van der Waals surface area (Å²) in [6.07, 6.45) is 0.910. The van der Waals surface area contributed by atoms with E-state index in [4.69, 9.17) is 4.74 Å². The largest absolute Gasteiger partial charge is 0.508 e. The molecule has 0 amide bonds. The minimum absolute atomic E-state index is 0.00798. The van der Waals surface area contributed by atoms with Crippen LogP contribution in [0.15, 0.2) is 66.7 Å². The summed E-state index contributed by atoms with van der Waals surface area (Å²) in [7, 11) is 0. The number of carbonyl (C=O) groups excluding carboxylic acids is 1.